The van der Waals surface area contributed by atoms with Gasteiger partial charge in [0.25, 0.3) is 0 Å². The lowest BCUT2D eigenvalue weighted by Gasteiger charge is -2.30. The number of nitrogens with zero attached hydrogens (tertiary/aromatic N) is 6. The fourth-order valence-corrected chi connectivity index (χ4v) is 20.1. The smallest absolute Gasteiger partial charge is 0.407 e. The molecule has 0 saturated carbocycles. The number of aromatic amines is 2. The molecule has 30 nitrogen and oxygen atoms in total. The number of alkyl carbamates (subject to hydrolysis) is 4. The Kier molecular flexibility index (Phi) is 30.2. The third kappa shape index (κ3) is 20.0. The van der Waals surface area contributed by atoms with Gasteiger partial charge in [0.2, 0.25) is 35.2 Å². The molecule has 4 saturated heterocycles. The first-order valence-corrected chi connectivity index (χ1v) is 45.3. The highest BCUT2D eigenvalue weighted by Crippen LogP contribution is 2.46. The normalized spacial score (nSPS) is 19.2. The van der Waals surface area contributed by atoms with Crippen molar-refractivity contribution in [2.75, 3.05) is 67.8 Å². The van der Waals surface area contributed by atoms with Gasteiger partial charge in [-0.2, -0.15) is 0 Å². The van der Waals surface area contributed by atoms with Crippen LogP contribution in [0.5, 0.6) is 0 Å². The van der Waals surface area contributed by atoms with Gasteiger partial charge in [0.1, 0.15) is 47.9 Å². The number of benzene rings is 4. The Labute approximate surface area is 736 Å². The van der Waals surface area contributed by atoms with Crippen LogP contribution in [0, 0.1) is 23.7 Å². The third-order valence-corrected chi connectivity index (χ3v) is 26.7. The molecule has 6 aromatic rings. The van der Waals surface area contributed by atoms with Crippen molar-refractivity contribution in [3.63, 3.8) is 0 Å². The molecular formula is C96H124N12O18. The van der Waals surface area contributed by atoms with E-state index >= 15 is 0 Å². The van der Waals surface area contributed by atoms with Crippen molar-refractivity contribution in [1.29, 1.82) is 0 Å². The van der Waals surface area contributed by atoms with Crippen LogP contribution in [0.15, 0.2) is 60.9 Å². The number of fused-ring (bicyclic) bond motifs is 4. The minimum absolute atomic E-state index is 0.102. The van der Waals surface area contributed by atoms with Gasteiger partial charge in [-0.3, -0.25) is 28.8 Å². The van der Waals surface area contributed by atoms with Crippen LogP contribution in [0.2, 0.25) is 0 Å². The third-order valence-electron chi connectivity index (χ3n) is 26.7. The maximum absolute atomic E-state index is 13.8. The van der Waals surface area contributed by atoms with Gasteiger partial charge in [-0.05, 0) is 245 Å². The lowest BCUT2D eigenvalue weighted by Crippen LogP contribution is -2.54. The van der Waals surface area contributed by atoms with E-state index in [1.165, 1.54) is 82.7 Å². The summed E-state index contributed by atoms with van der Waals surface area (Å²) in [6, 6.07) is 11.3. The summed E-state index contributed by atoms with van der Waals surface area (Å²) in [5, 5.41) is 10.6. The summed E-state index contributed by atoms with van der Waals surface area (Å²) in [6.45, 7) is 15.8. The zero-order valence-corrected chi connectivity index (χ0v) is 74.9. The molecule has 8 amide bonds. The summed E-state index contributed by atoms with van der Waals surface area (Å²) in [5.74, 6) is -2.23. The Morgan fingerprint density at radius 3 is 0.897 bits per heavy atom. The van der Waals surface area contributed by atoms with Gasteiger partial charge < -0.3 is 79.3 Å². The molecule has 0 unspecified atom stereocenters. The van der Waals surface area contributed by atoms with Gasteiger partial charge in [-0.25, -0.2) is 38.7 Å². The minimum atomic E-state index is -0.892. The van der Waals surface area contributed by atoms with Crippen LogP contribution in [-0.2, 0) is 109 Å². The largest absolute Gasteiger partial charge is 0.456 e. The summed E-state index contributed by atoms with van der Waals surface area (Å²) in [6.07, 6.45) is 21.4. The number of ketones is 2. The zero-order valence-electron chi connectivity index (χ0n) is 74.9. The summed E-state index contributed by atoms with van der Waals surface area (Å²) in [7, 11) is 5.04. The quantitative estimate of drug-likeness (QED) is 0.0167. The van der Waals surface area contributed by atoms with Gasteiger partial charge in [0.05, 0.1) is 64.3 Å². The van der Waals surface area contributed by atoms with Crippen molar-refractivity contribution < 1.29 is 86.0 Å². The highest BCUT2D eigenvalue weighted by Gasteiger charge is 2.45. The molecule has 2 aromatic heterocycles. The number of hydrogen-bond acceptors (Lipinski definition) is 20. The molecule has 8 aliphatic rings. The average Bonchev–Trinajstić information content (AvgIpc) is 1.32. The number of imidazole rings is 2. The molecule has 4 fully saturated rings. The summed E-state index contributed by atoms with van der Waals surface area (Å²) in [4.78, 5) is 181. The molecule has 6 heterocycles. The topological polar surface area (TPSA) is 379 Å². The van der Waals surface area contributed by atoms with Crippen molar-refractivity contribution >= 4 is 71.5 Å². The second kappa shape index (κ2) is 41.3. The zero-order chi connectivity index (χ0) is 89.9. The molecule has 30 heteroatoms. The number of rotatable bonds is 26. The first kappa shape index (κ1) is 92.2. The van der Waals surface area contributed by atoms with Crippen LogP contribution in [0.3, 0.4) is 0 Å². The molecule has 8 atom stereocenters. The van der Waals surface area contributed by atoms with E-state index in [0.717, 1.165) is 172 Å². The average molecular weight is 1730 g/mol. The lowest BCUT2D eigenvalue weighted by molar-refractivity contribution is -0.153. The molecule has 0 spiro atoms. The molecule has 6 N–H and O–H groups in total. The Balaban J connectivity index is 0.000000216. The van der Waals surface area contributed by atoms with Crippen molar-refractivity contribution in [2.24, 2.45) is 23.7 Å². The lowest BCUT2D eigenvalue weighted by atomic mass is 9.78. The first-order chi connectivity index (χ1) is 60.6. The van der Waals surface area contributed by atoms with E-state index in [2.05, 4.69) is 55.5 Å². The second-order valence-electron chi connectivity index (χ2n) is 35.9. The van der Waals surface area contributed by atoms with Crippen LogP contribution in [0.4, 0.5) is 19.2 Å². The van der Waals surface area contributed by atoms with Crippen LogP contribution in [-0.4, -0.2) is 215 Å². The molecule has 4 aliphatic carbocycles. The number of carbonyl (C=O) groups is 12. The van der Waals surface area contributed by atoms with E-state index in [9.17, 15) is 57.5 Å². The van der Waals surface area contributed by atoms with Crippen LogP contribution < -0.4 is 21.3 Å². The monoisotopic (exact) mass is 1730 g/mol. The van der Waals surface area contributed by atoms with Gasteiger partial charge in [-0.1, -0.05) is 104 Å². The molecule has 14 rings (SSSR count). The van der Waals surface area contributed by atoms with E-state index < -0.39 is 97.6 Å². The predicted octanol–water partition coefficient (Wildman–Crippen LogP) is 13.3. The maximum atomic E-state index is 13.8. The minimum Gasteiger partial charge on any atom is -0.456 e. The SMILES string of the molecule is COC(=O)N[C@H](C(=O)N1CCC[C@H]1C(=O)OCC(=O)c1ccc(-c2ccc(C(=O)COC(=O)[C@@H]3CCCN3C(=O)[C@@H](NC(=O)OC)C(C)C)c3c2CCCC3)c2c1CCCC2)C(C)C.COC(=O)N[C@H](C(=O)N1CCC[C@H]1c1ncc(-c2ccc(-c3ccc(-c4cnc([C@@H]5CCCN5C(=O)[C@@H](NC(=O)OC)C(C)C)[nH]4)c4c3CCCC4)c3c2CCCC3)[nH]1)C(C)C. The van der Waals surface area contributed by atoms with Crippen LogP contribution >= 0.6 is 0 Å². The van der Waals surface area contributed by atoms with Crippen molar-refractivity contribution in [1.82, 2.24) is 60.8 Å². The van der Waals surface area contributed by atoms with Crippen molar-refractivity contribution in [3.8, 4) is 44.8 Å². The number of likely N-dealkylation sites (tertiary alicyclic amines) is 4. The van der Waals surface area contributed by atoms with Crippen LogP contribution in [0.1, 0.15) is 247 Å². The highest BCUT2D eigenvalue weighted by molar-refractivity contribution is 6.03. The van der Waals surface area contributed by atoms with Gasteiger partial charge in [0.15, 0.2) is 13.2 Å². The molecular weight excluding hydrogens is 1610 g/mol. The van der Waals surface area contributed by atoms with Gasteiger partial charge in [-0.15, -0.1) is 0 Å². The number of Topliss-reactive ketones (excluding diaryl/α,β-unsaturated/α-hetero) is 2. The number of aromatic nitrogens is 4. The summed E-state index contributed by atoms with van der Waals surface area (Å²) in [5.41, 5.74) is 19.4. The fraction of sp³-hybridized carbons (Fsp3) is 0.562. The number of esters is 2. The molecule has 0 radical (unpaired) electrons. The predicted molar refractivity (Wildman–Crippen MR) is 470 cm³/mol. The number of carbonyl (C=O) groups excluding carboxylic acids is 12. The maximum Gasteiger partial charge on any atom is 0.407 e. The van der Waals surface area contributed by atoms with E-state index in [1.54, 1.807) is 39.8 Å². The molecule has 4 aromatic carbocycles. The number of ether oxygens (including phenoxy) is 6. The second-order valence-corrected chi connectivity index (χ2v) is 35.9. The van der Waals surface area contributed by atoms with E-state index in [0.29, 0.717) is 75.8 Å². The molecule has 0 bridgehead atoms. The summed E-state index contributed by atoms with van der Waals surface area (Å²) < 4.78 is 30.2. The van der Waals surface area contributed by atoms with E-state index in [-0.39, 0.29) is 59.1 Å². The van der Waals surface area contributed by atoms with E-state index in [4.69, 9.17) is 38.4 Å². The number of methoxy groups -OCH3 is 4. The van der Waals surface area contributed by atoms with E-state index in [1.807, 2.05) is 62.0 Å². The number of hydrogen-bond donors (Lipinski definition) is 6. The fourth-order valence-electron chi connectivity index (χ4n) is 20.1. The number of H-pyrrole nitrogens is 2. The number of amides is 8. The Bertz CT molecular complexity index is 4770. The summed E-state index contributed by atoms with van der Waals surface area (Å²) >= 11 is 0. The molecule has 4 aliphatic heterocycles. The molecule has 676 valence electrons. The highest BCUT2D eigenvalue weighted by atomic mass is 16.6. The van der Waals surface area contributed by atoms with Gasteiger partial charge in [0, 0.05) is 48.4 Å². The first-order valence-electron chi connectivity index (χ1n) is 45.3. The Morgan fingerprint density at radius 2 is 0.595 bits per heavy atom. The van der Waals surface area contributed by atoms with Crippen LogP contribution in [0.25, 0.3) is 44.8 Å². The van der Waals surface area contributed by atoms with Crippen molar-refractivity contribution in [3.05, 3.63) is 128 Å². The number of nitrogens with one attached hydrogen (secondary N) is 6. The van der Waals surface area contributed by atoms with Crippen molar-refractivity contribution in [2.45, 2.75) is 258 Å². The Hall–Kier alpha value is -11.5. The molecule has 126 heavy (non-hydrogen) atoms. The Morgan fingerprint density at radius 1 is 0.341 bits per heavy atom. The van der Waals surface area contributed by atoms with Gasteiger partial charge >= 0.3 is 36.3 Å². The standard InChI is InChI=1S/C48H62N8O6.C48H62N4O12/c1-27(2)41(53-47(59)61-5)45(57)55-23-11-17-39(55)43-49-25-37(51-43)35-21-19-33(29-13-7-9-15-31(29)35)34-20-22-36(32-16-10-8-14-30(32)34)38-26-50-44(52-38)40-18-12-24-56(40)46(58)42(28(3)4)54-48(60)62-6;1-27(2)41(49-47(59)61-5)43(55)51-23-11-17-37(51)45(57)63-25-39(53)35-21-19-33(29-13-7-9-15-31(29)35)34-20-22-36(32-16-10-8-14-30(32)34)40(54)26-64-46(58)38-18-12-24-52(38)44(56)42(28(3)4)50-48(60)62-6/h19-22,25-28,39-42H,7-18,23-24H2,1-6H3,(H,49,51)(H,50,52)(H,53,59)(H,54,60);19-22,27-28,37-38,41-42H,7-18,23-26H2,1-6H3,(H,49,59)(H,50,60)/t39-,40-,41-,42-;37-,38-,41-,42-/m00/s1.